The Balaban J connectivity index is 1.68. The van der Waals surface area contributed by atoms with Crippen molar-refractivity contribution in [3.8, 4) is 6.07 Å². The number of thioether (sulfide) groups is 1. The Hall–Kier alpha value is -3.02. The molecule has 1 atom stereocenters. The number of benzene rings is 2. The van der Waals surface area contributed by atoms with Crippen LogP contribution >= 0.6 is 23.4 Å². The average molecular weight is 427 g/mol. The number of hydrogen-bond donors (Lipinski definition) is 0. The zero-order valence-electron chi connectivity index (χ0n) is 15.1. The van der Waals surface area contributed by atoms with Crippen LogP contribution in [0.25, 0.3) is 0 Å². The van der Waals surface area contributed by atoms with Crippen LogP contribution < -0.4 is 4.90 Å². The largest absolute Gasteiger partial charge is 0.344 e. The van der Waals surface area contributed by atoms with Gasteiger partial charge in [0.1, 0.15) is 0 Å². The maximum absolute atomic E-state index is 12.9. The van der Waals surface area contributed by atoms with E-state index < -0.39 is 10.8 Å². The first-order valence-electron chi connectivity index (χ1n) is 8.80. The van der Waals surface area contributed by atoms with E-state index in [1.807, 2.05) is 23.1 Å². The molecule has 7 nitrogen and oxygen atoms in total. The third-order valence-corrected chi connectivity index (χ3v) is 6.34. The summed E-state index contributed by atoms with van der Waals surface area (Å²) in [6, 6.07) is 15.8. The lowest BCUT2D eigenvalue weighted by Gasteiger charge is -2.42. The van der Waals surface area contributed by atoms with Crippen molar-refractivity contribution >= 4 is 40.6 Å². The van der Waals surface area contributed by atoms with Gasteiger partial charge in [-0.05, 0) is 23.8 Å². The van der Waals surface area contributed by atoms with Crippen LogP contribution in [0.2, 0.25) is 5.02 Å². The Kier molecular flexibility index (Phi) is 5.18. The lowest BCUT2D eigenvalue weighted by molar-refractivity contribution is -0.384. The minimum Gasteiger partial charge on any atom is -0.344 e. The van der Waals surface area contributed by atoms with E-state index in [0.717, 1.165) is 5.69 Å². The molecule has 1 unspecified atom stereocenters. The van der Waals surface area contributed by atoms with Crippen molar-refractivity contribution in [1.29, 1.82) is 5.26 Å². The van der Waals surface area contributed by atoms with E-state index in [0.29, 0.717) is 33.7 Å². The van der Waals surface area contributed by atoms with E-state index in [9.17, 15) is 20.2 Å². The molecule has 0 spiro atoms. The van der Waals surface area contributed by atoms with E-state index in [1.165, 1.54) is 23.9 Å². The molecule has 1 fully saturated rings. The van der Waals surface area contributed by atoms with Crippen LogP contribution in [0.15, 0.2) is 59.1 Å². The monoisotopic (exact) mass is 426 g/mol. The van der Waals surface area contributed by atoms with Crippen molar-refractivity contribution in [2.45, 2.75) is 12.3 Å². The molecular formula is C20H15ClN4O3S. The number of rotatable bonds is 3. The zero-order chi connectivity index (χ0) is 20.5. The highest BCUT2D eigenvalue weighted by Gasteiger charge is 2.38. The normalized spacial score (nSPS) is 19.0. The highest BCUT2D eigenvalue weighted by atomic mass is 35.5. The number of carbonyl (C=O) groups is 1. The van der Waals surface area contributed by atoms with Crippen molar-refractivity contribution in [2.24, 2.45) is 0 Å². The maximum Gasteiger partial charge on any atom is 0.269 e. The van der Waals surface area contributed by atoms with Gasteiger partial charge in [-0.2, -0.15) is 5.26 Å². The number of amides is 1. The minimum absolute atomic E-state index is 0.0527. The lowest BCUT2D eigenvalue weighted by atomic mass is 9.86. The number of carbonyl (C=O) groups excluding carboxylic acids is 1. The van der Waals surface area contributed by atoms with E-state index in [1.54, 1.807) is 23.1 Å². The molecule has 9 heteroatoms. The van der Waals surface area contributed by atoms with Crippen molar-refractivity contribution in [3.63, 3.8) is 0 Å². The lowest BCUT2D eigenvalue weighted by Crippen LogP contribution is -2.47. The van der Waals surface area contributed by atoms with Gasteiger partial charge in [-0.3, -0.25) is 19.8 Å². The van der Waals surface area contributed by atoms with E-state index in [4.69, 9.17) is 11.6 Å². The SMILES string of the molecule is N#CC1=C2SCN(c3cccc(Cl)c3)CN2C(=O)CC1c1cccc([N+](=O)[O-])c1. The van der Waals surface area contributed by atoms with Crippen molar-refractivity contribution in [3.05, 3.63) is 79.8 Å². The number of nitro benzene ring substituents is 1. The number of halogens is 1. The van der Waals surface area contributed by atoms with Gasteiger partial charge < -0.3 is 4.90 Å². The molecule has 2 aliphatic heterocycles. The molecule has 0 N–H and O–H groups in total. The Morgan fingerprint density at radius 1 is 1.24 bits per heavy atom. The smallest absolute Gasteiger partial charge is 0.269 e. The molecule has 0 saturated carbocycles. The molecule has 29 heavy (non-hydrogen) atoms. The third-order valence-electron chi connectivity index (χ3n) is 4.95. The molecule has 0 radical (unpaired) electrons. The van der Waals surface area contributed by atoms with Crippen LogP contribution in [0.5, 0.6) is 0 Å². The predicted molar refractivity (Wildman–Crippen MR) is 111 cm³/mol. The number of nitrogens with zero attached hydrogens (tertiary/aromatic N) is 4. The van der Waals surface area contributed by atoms with Crippen LogP contribution in [-0.4, -0.2) is 28.3 Å². The molecule has 2 aromatic rings. The highest BCUT2D eigenvalue weighted by Crippen LogP contribution is 2.43. The van der Waals surface area contributed by atoms with Crippen LogP contribution in [0, 0.1) is 21.4 Å². The second kappa shape index (κ2) is 7.78. The summed E-state index contributed by atoms with van der Waals surface area (Å²) in [6.45, 7) is 0.328. The van der Waals surface area contributed by atoms with Gasteiger partial charge in [-0.25, -0.2) is 0 Å². The first-order chi connectivity index (χ1) is 14.0. The number of non-ortho nitro benzene ring substituents is 1. The Bertz CT molecular complexity index is 1080. The van der Waals surface area contributed by atoms with Crippen molar-refractivity contribution in [1.82, 2.24) is 4.90 Å². The van der Waals surface area contributed by atoms with Gasteiger partial charge in [-0.1, -0.05) is 41.6 Å². The van der Waals surface area contributed by atoms with E-state index >= 15 is 0 Å². The molecule has 0 bridgehead atoms. The summed E-state index contributed by atoms with van der Waals surface area (Å²) in [5.74, 6) is -0.0367. The second-order valence-corrected chi connectivity index (χ2v) is 8.07. The molecular weight excluding hydrogens is 412 g/mol. The Morgan fingerprint density at radius 3 is 2.76 bits per heavy atom. The number of anilines is 1. The maximum atomic E-state index is 12.9. The van der Waals surface area contributed by atoms with E-state index in [2.05, 4.69) is 6.07 Å². The van der Waals surface area contributed by atoms with E-state index in [-0.39, 0.29) is 18.0 Å². The van der Waals surface area contributed by atoms with Crippen molar-refractivity contribution in [2.75, 3.05) is 17.4 Å². The summed E-state index contributed by atoms with van der Waals surface area (Å²) in [5.41, 5.74) is 1.93. The summed E-state index contributed by atoms with van der Waals surface area (Å²) in [5, 5.41) is 22.2. The number of nitro groups is 1. The first kappa shape index (κ1) is 19.3. The summed E-state index contributed by atoms with van der Waals surface area (Å²) >= 11 is 7.50. The second-order valence-electron chi connectivity index (χ2n) is 6.70. The molecule has 2 aliphatic rings. The molecule has 2 aromatic carbocycles. The van der Waals surface area contributed by atoms with Gasteiger partial charge in [0.05, 0.1) is 34.1 Å². The van der Waals surface area contributed by atoms with Crippen LogP contribution in [0.1, 0.15) is 17.9 Å². The number of nitriles is 1. The predicted octanol–water partition coefficient (Wildman–Crippen LogP) is 4.47. The van der Waals surface area contributed by atoms with Gasteiger partial charge in [0.25, 0.3) is 5.69 Å². The quantitative estimate of drug-likeness (QED) is 0.531. The van der Waals surface area contributed by atoms with Gasteiger partial charge in [0.2, 0.25) is 5.91 Å². The van der Waals surface area contributed by atoms with Gasteiger partial charge in [0.15, 0.2) is 0 Å². The van der Waals surface area contributed by atoms with Crippen LogP contribution in [0.4, 0.5) is 11.4 Å². The molecule has 0 aliphatic carbocycles. The van der Waals surface area contributed by atoms with Gasteiger partial charge >= 0.3 is 0 Å². The molecule has 1 amide bonds. The number of fused-ring (bicyclic) bond motifs is 1. The standard InChI is InChI=1S/C20H15ClN4O3S/c21-14-4-2-5-15(8-14)23-11-24-19(26)9-17(18(10-22)20(24)29-12-23)13-3-1-6-16(7-13)25(27)28/h1-8,17H,9,11-12H2. The summed E-state index contributed by atoms with van der Waals surface area (Å²) in [6.07, 6.45) is 0.0947. The molecule has 2 heterocycles. The first-order valence-corrected chi connectivity index (χ1v) is 10.2. The third kappa shape index (κ3) is 3.67. The topological polar surface area (TPSA) is 90.5 Å². The summed E-state index contributed by atoms with van der Waals surface area (Å²) < 4.78 is 0. The Labute approximate surface area is 176 Å². The summed E-state index contributed by atoms with van der Waals surface area (Å²) in [4.78, 5) is 27.2. The summed E-state index contributed by atoms with van der Waals surface area (Å²) in [7, 11) is 0. The fraction of sp³-hybridized carbons (Fsp3) is 0.200. The zero-order valence-corrected chi connectivity index (χ0v) is 16.7. The molecule has 4 rings (SSSR count). The van der Waals surface area contributed by atoms with Gasteiger partial charge in [-0.15, -0.1) is 0 Å². The molecule has 0 aromatic heterocycles. The average Bonchev–Trinajstić information content (AvgIpc) is 2.73. The number of allylic oxidation sites excluding steroid dienone is 1. The number of hydrogen-bond acceptors (Lipinski definition) is 6. The molecule has 1 saturated heterocycles. The Morgan fingerprint density at radius 2 is 2.03 bits per heavy atom. The van der Waals surface area contributed by atoms with Gasteiger partial charge in [0, 0.05) is 35.2 Å². The highest BCUT2D eigenvalue weighted by molar-refractivity contribution is 8.03. The van der Waals surface area contributed by atoms with Crippen LogP contribution in [0.3, 0.4) is 0 Å². The van der Waals surface area contributed by atoms with Crippen molar-refractivity contribution < 1.29 is 9.72 Å². The van der Waals surface area contributed by atoms with Crippen LogP contribution in [-0.2, 0) is 4.79 Å². The minimum atomic E-state index is -0.483. The fourth-order valence-corrected chi connectivity index (χ4v) is 4.89. The fourth-order valence-electron chi connectivity index (χ4n) is 3.54. The molecule has 146 valence electrons.